The molecule has 3 fully saturated rings. The van der Waals surface area contributed by atoms with Crippen molar-refractivity contribution < 1.29 is 4.79 Å². The van der Waals surface area contributed by atoms with Crippen LogP contribution in [0.15, 0.2) is 0 Å². The molecule has 0 aromatic rings. The molecule has 3 aliphatic rings. The van der Waals surface area contributed by atoms with Crippen LogP contribution in [0.1, 0.15) is 44.9 Å². The molecule has 4 unspecified atom stereocenters. The minimum atomic E-state index is 0.275. The Bertz CT molecular complexity index is 273. The van der Waals surface area contributed by atoms with Crippen LogP contribution in [0.2, 0.25) is 0 Å². The molecular weight excluding hydrogens is 200 g/mol. The van der Waals surface area contributed by atoms with Gasteiger partial charge in [-0.1, -0.05) is 6.42 Å². The predicted molar refractivity (Wildman–Crippen MR) is 63.0 cm³/mol. The van der Waals surface area contributed by atoms with Crippen molar-refractivity contribution in [2.45, 2.75) is 57.0 Å². The van der Waals surface area contributed by atoms with E-state index in [1.165, 1.54) is 38.5 Å². The first kappa shape index (κ1) is 10.6. The standard InChI is InChI=1S/C13H22N2O/c16-13(8-11-2-1-5-14-11)15-12-7-9-3-4-10(12)6-9/h9-12,14H,1-8H2,(H,15,16). The van der Waals surface area contributed by atoms with Gasteiger partial charge in [0.2, 0.25) is 5.91 Å². The third-order valence-corrected chi connectivity index (χ3v) is 4.68. The number of rotatable bonds is 3. The van der Waals surface area contributed by atoms with E-state index in [1.807, 2.05) is 0 Å². The summed E-state index contributed by atoms with van der Waals surface area (Å²) in [5.74, 6) is 1.99. The summed E-state index contributed by atoms with van der Waals surface area (Å²) in [5.41, 5.74) is 0. The SMILES string of the molecule is O=C(CC1CCCN1)NC1CC2CCC1C2. The molecule has 2 aliphatic carbocycles. The summed E-state index contributed by atoms with van der Waals surface area (Å²) in [6.07, 6.45) is 8.45. The van der Waals surface area contributed by atoms with Crippen molar-refractivity contribution in [1.82, 2.24) is 10.6 Å². The van der Waals surface area contributed by atoms with Crippen LogP contribution < -0.4 is 10.6 Å². The van der Waals surface area contributed by atoms with Crippen LogP contribution in [-0.4, -0.2) is 24.5 Å². The molecule has 2 saturated carbocycles. The number of hydrogen-bond acceptors (Lipinski definition) is 2. The van der Waals surface area contributed by atoms with Crippen LogP contribution in [-0.2, 0) is 4.79 Å². The first-order chi connectivity index (χ1) is 7.81. The van der Waals surface area contributed by atoms with Gasteiger partial charge in [-0.25, -0.2) is 0 Å². The quantitative estimate of drug-likeness (QED) is 0.758. The van der Waals surface area contributed by atoms with Crippen molar-refractivity contribution in [1.29, 1.82) is 0 Å². The van der Waals surface area contributed by atoms with E-state index < -0.39 is 0 Å². The zero-order chi connectivity index (χ0) is 11.0. The molecule has 0 aromatic heterocycles. The fourth-order valence-corrected chi connectivity index (χ4v) is 3.84. The van der Waals surface area contributed by atoms with Crippen molar-refractivity contribution in [2.75, 3.05) is 6.54 Å². The Kier molecular flexibility index (Phi) is 2.88. The molecule has 1 heterocycles. The highest BCUT2D eigenvalue weighted by Crippen LogP contribution is 2.44. The summed E-state index contributed by atoms with van der Waals surface area (Å²) in [6, 6.07) is 0.950. The molecular formula is C13H22N2O. The highest BCUT2D eigenvalue weighted by atomic mass is 16.1. The second-order valence-corrected chi connectivity index (χ2v) is 5.85. The molecule has 3 nitrogen and oxygen atoms in total. The van der Waals surface area contributed by atoms with Gasteiger partial charge in [0, 0.05) is 18.5 Å². The Morgan fingerprint density at radius 1 is 1.25 bits per heavy atom. The van der Waals surface area contributed by atoms with Gasteiger partial charge >= 0.3 is 0 Å². The number of nitrogens with one attached hydrogen (secondary N) is 2. The molecule has 90 valence electrons. The summed E-state index contributed by atoms with van der Waals surface area (Å²) in [7, 11) is 0. The lowest BCUT2D eigenvalue weighted by atomic mass is 9.95. The predicted octanol–water partition coefficient (Wildman–Crippen LogP) is 1.43. The van der Waals surface area contributed by atoms with E-state index in [0.717, 1.165) is 18.4 Å². The topological polar surface area (TPSA) is 41.1 Å². The third-order valence-electron chi connectivity index (χ3n) is 4.68. The lowest BCUT2D eigenvalue weighted by molar-refractivity contribution is -0.122. The van der Waals surface area contributed by atoms with Crippen LogP contribution >= 0.6 is 0 Å². The smallest absolute Gasteiger partial charge is 0.221 e. The van der Waals surface area contributed by atoms with Gasteiger partial charge in [-0.15, -0.1) is 0 Å². The van der Waals surface area contributed by atoms with Crippen LogP contribution in [0.3, 0.4) is 0 Å². The second kappa shape index (κ2) is 4.36. The average molecular weight is 222 g/mol. The van der Waals surface area contributed by atoms with E-state index in [-0.39, 0.29) is 5.91 Å². The molecule has 2 bridgehead atoms. The number of amides is 1. The Balaban J connectivity index is 1.45. The van der Waals surface area contributed by atoms with E-state index in [0.29, 0.717) is 18.5 Å². The van der Waals surface area contributed by atoms with Gasteiger partial charge < -0.3 is 10.6 Å². The first-order valence-electron chi connectivity index (χ1n) is 6.84. The molecule has 2 N–H and O–H groups in total. The molecule has 0 aromatic carbocycles. The fraction of sp³-hybridized carbons (Fsp3) is 0.923. The van der Waals surface area contributed by atoms with Crippen LogP contribution in [0, 0.1) is 11.8 Å². The molecule has 0 spiro atoms. The molecule has 1 aliphatic heterocycles. The monoisotopic (exact) mass is 222 g/mol. The lowest BCUT2D eigenvalue weighted by Crippen LogP contribution is -2.40. The number of carbonyl (C=O) groups is 1. The van der Waals surface area contributed by atoms with Gasteiger partial charge in [0.1, 0.15) is 0 Å². The summed E-state index contributed by atoms with van der Waals surface area (Å²) in [5, 5.41) is 6.64. The summed E-state index contributed by atoms with van der Waals surface area (Å²) >= 11 is 0. The van der Waals surface area contributed by atoms with Gasteiger partial charge in [-0.05, 0) is 50.5 Å². The van der Waals surface area contributed by atoms with E-state index in [1.54, 1.807) is 0 Å². The maximum atomic E-state index is 11.9. The minimum Gasteiger partial charge on any atom is -0.353 e. The van der Waals surface area contributed by atoms with E-state index in [4.69, 9.17) is 0 Å². The Morgan fingerprint density at radius 2 is 2.19 bits per heavy atom. The minimum absolute atomic E-state index is 0.275. The maximum Gasteiger partial charge on any atom is 0.221 e. The molecule has 4 atom stereocenters. The van der Waals surface area contributed by atoms with Gasteiger partial charge in [-0.2, -0.15) is 0 Å². The van der Waals surface area contributed by atoms with Gasteiger partial charge in [0.15, 0.2) is 0 Å². The molecule has 0 radical (unpaired) electrons. The number of fused-ring (bicyclic) bond motifs is 2. The number of hydrogen-bond donors (Lipinski definition) is 2. The van der Waals surface area contributed by atoms with Crippen molar-refractivity contribution >= 4 is 5.91 Å². The zero-order valence-electron chi connectivity index (χ0n) is 9.87. The van der Waals surface area contributed by atoms with Gasteiger partial charge in [0.05, 0.1) is 0 Å². The Labute approximate surface area is 97.4 Å². The van der Waals surface area contributed by atoms with Crippen molar-refractivity contribution in [3.63, 3.8) is 0 Å². The Hall–Kier alpha value is -0.570. The highest BCUT2D eigenvalue weighted by molar-refractivity contribution is 5.77. The molecule has 3 rings (SSSR count). The fourth-order valence-electron chi connectivity index (χ4n) is 3.84. The van der Waals surface area contributed by atoms with Crippen LogP contribution in [0.5, 0.6) is 0 Å². The van der Waals surface area contributed by atoms with E-state index in [2.05, 4.69) is 10.6 Å². The molecule has 16 heavy (non-hydrogen) atoms. The summed E-state index contributed by atoms with van der Waals surface area (Å²) in [4.78, 5) is 11.9. The van der Waals surface area contributed by atoms with Gasteiger partial charge in [0.25, 0.3) is 0 Å². The summed E-state index contributed by atoms with van der Waals surface area (Å²) in [6.45, 7) is 1.09. The second-order valence-electron chi connectivity index (χ2n) is 5.85. The van der Waals surface area contributed by atoms with Crippen molar-refractivity contribution in [3.05, 3.63) is 0 Å². The molecule has 1 amide bonds. The maximum absolute atomic E-state index is 11.9. The van der Waals surface area contributed by atoms with Crippen LogP contribution in [0.25, 0.3) is 0 Å². The Morgan fingerprint density at radius 3 is 2.81 bits per heavy atom. The van der Waals surface area contributed by atoms with Crippen molar-refractivity contribution in [2.24, 2.45) is 11.8 Å². The lowest BCUT2D eigenvalue weighted by Gasteiger charge is -2.23. The largest absolute Gasteiger partial charge is 0.353 e. The van der Waals surface area contributed by atoms with Crippen LogP contribution in [0.4, 0.5) is 0 Å². The zero-order valence-corrected chi connectivity index (χ0v) is 9.87. The molecule has 1 saturated heterocycles. The third kappa shape index (κ3) is 2.10. The first-order valence-corrected chi connectivity index (χ1v) is 6.84. The van der Waals surface area contributed by atoms with E-state index in [9.17, 15) is 4.79 Å². The highest BCUT2D eigenvalue weighted by Gasteiger charge is 2.40. The normalized spacial score (nSPS) is 41.5. The summed E-state index contributed by atoms with van der Waals surface area (Å²) < 4.78 is 0. The van der Waals surface area contributed by atoms with Crippen molar-refractivity contribution in [3.8, 4) is 0 Å². The number of carbonyl (C=O) groups excluding carboxylic acids is 1. The van der Waals surface area contributed by atoms with E-state index >= 15 is 0 Å². The average Bonchev–Trinajstić information content (AvgIpc) is 2.92. The molecule has 3 heteroatoms. The van der Waals surface area contributed by atoms with Gasteiger partial charge in [-0.3, -0.25) is 4.79 Å².